The molecule has 0 saturated carbocycles. The number of fused-ring (bicyclic) bond motifs is 1. The van der Waals surface area contributed by atoms with Crippen LogP contribution in [0.4, 0.5) is 10.1 Å². The largest absolute Gasteiger partial charge is 0.344 e. The number of H-pyrrole nitrogens is 1. The third kappa shape index (κ3) is 3.36. The number of carbonyl (C=O) groups is 1. The summed E-state index contributed by atoms with van der Waals surface area (Å²) in [5.74, 6) is -0.551. The number of amides is 1. The highest BCUT2D eigenvalue weighted by Gasteiger charge is 2.13. The summed E-state index contributed by atoms with van der Waals surface area (Å²) in [7, 11) is 0. The quantitative estimate of drug-likeness (QED) is 0.531. The third-order valence-electron chi connectivity index (χ3n) is 3.90. The Hall–Kier alpha value is -3.00. The van der Waals surface area contributed by atoms with Crippen LogP contribution in [-0.4, -0.2) is 25.7 Å². The number of rotatable bonds is 4. The minimum atomic E-state index is -0.283. The Balaban J connectivity index is 1.50. The van der Waals surface area contributed by atoms with Crippen molar-refractivity contribution >= 4 is 38.6 Å². The molecule has 26 heavy (non-hydrogen) atoms. The molecule has 0 unspecified atom stereocenters. The number of hydrogen-bond donors (Lipinski definition) is 2. The molecule has 0 aliphatic heterocycles. The zero-order valence-corrected chi connectivity index (χ0v) is 15.0. The maximum atomic E-state index is 13.0. The van der Waals surface area contributed by atoms with Gasteiger partial charge in [-0.05, 0) is 39.7 Å². The van der Waals surface area contributed by atoms with Gasteiger partial charge < -0.3 is 10.3 Å². The molecule has 4 rings (SSSR count). The first-order valence-corrected chi connectivity index (χ1v) is 8.59. The number of aromatic amines is 1. The second-order valence-corrected chi connectivity index (χ2v) is 6.67. The zero-order valence-electron chi connectivity index (χ0n) is 13.4. The number of anilines is 1. The van der Waals surface area contributed by atoms with E-state index in [1.54, 1.807) is 35.4 Å². The van der Waals surface area contributed by atoms with Crippen LogP contribution in [0.25, 0.3) is 11.0 Å². The lowest BCUT2D eigenvalue weighted by Gasteiger charge is -2.02. The Morgan fingerprint density at radius 2 is 2.08 bits per heavy atom. The average molecular weight is 414 g/mol. The monoisotopic (exact) mass is 413 g/mol. The maximum Gasteiger partial charge on any atom is 0.258 e. The highest BCUT2D eigenvalue weighted by atomic mass is 79.9. The van der Waals surface area contributed by atoms with E-state index in [0.29, 0.717) is 23.4 Å². The van der Waals surface area contributed by atoms with Crippen LogP contribution in [0.5, 0.6) is 0 Å². The van der Waals surface area contributed by atoms with Crippen molar-refractivity contribution in [1.82, 2.24) is 19.7 Å². The predicted molar refractivity (Wildman–Crippen MR) is 99.5 cm³/mol. The van der Waals surface area contributed by atoms with Crippen LogP contribution in [0.2, 0.25) is 0 Å². The van der Waals surface area contributed by atoms with Gasteiger partial charge in [0.2, 0.25) is 0 Å². The molecular weight excluding hydrogens is 401 g/mol. The van der Waals surface area contributed by atoms with E-state index < -0.39 is 0 Å². The van der Waals surface area contributed by atoms with Crippen molar-refractivity contribution < 1.29 is 9.18 Å². The number of hydrogen-bond acceptors (Lipinski definition) is 3. The number of halogens is 2. The van der Waals surface area contributed by atoms with Crippen molar-refractivity contribution in [1.29, 1.82) is 0 Å². The summed E-state index contributed by atoms with van der Waals surface area (Å²) in [6.07, 6.45) is 6.54. The smallest absolute Gasteiger partial charge is 0.258 e. The summed E-state index contributed by atoms with van der Waals surface area (Å²) in [4.78, 5) is 19.7. The molecule has 6 nitrogen and oxygen atoms in total. The van der Waals surface area contributed by atoms with Crippen LogP contribution in [0.15, 0.2) is 59.6 Å². The van der Waals surface area contributed by atoms with Gasteiger partial charge in [-0.3, -0.25) is 9.48 Å². The molecule has 1 aromatic carbocycles. The topological polar surface area (TPSA) is 75.6 Å². The molecule has 130 valence electrons. The molecule has 0 fully saturated rings. The summed E-state index contributed by atoms with van der Waals surface area (Å²) in [6.45, 7) is 0.456. The van der Waals surface area contributed by atoms with Crippen molar-refractivity contribution in [2.45, 2.75) is 6.54 Å². The first kappa shape index (κ1) is 16.5. The fraction of sp³-hybridized carbons (Fsp3) is 0.0556. The van der Waals surface area contributed by atoms with E-state index in [0.717, 1.165) is 15.4 Å². The summed E-state index contributed by atoms with van der Waals surface area (Å²) in [5, 5.41) is 7.87. The predicted octanol–water partition coefficient (Wildman–Crippen LogP) is 3.96. The summed E-state index contributed by atoms with van der Waals surface area (Å²) < 4.78 is 15.4. The number of benzene rings is 1. The first-order valence-electron chi connectivity index (χ1n) is 7.79. The highest BCUT2D eigenvalue weighted by molar-refractivity contribution is 9.10. The Kier molecular flexibility index (Phi) is 4.26. The van der Waals surface area contributed by atoms with E-state index in [1.807, 2.05) is 6.07 Å². The van der Waals surface area contributed by atoms with E-state index in [-0.39, 0.29) is 11.7 Å². The van der Waals surface area contributed by atoms with E-state index in [1.165, 1.54) is 18.3 Å². The Morgan fingerprint density at radius 3 is 2.88 bits per heavy atom. The minimum Gasteiger partial charge on any atom is -0.344 e. The molecule has 0 saturated heterocycles. The molecule has 4 aromatic rings. The van der Waals surface area contributed by atoms with E-state index in [2.05, 4.69) is 36.3 Å². The van der Waals surface area contributed by atoms with Gasteiger partial charge in [-0.25, -0.2) is 9.37 Å². The molecule has 0 atom stereocenters. The number of nitrogens with one attached hydrogen (secondary N) is 2. The number of nitrogens with zero attached hydrogens (tertiary/aromatic N) is 3. The SMILES string of the molecule is O=C(Nc1c[nH]c2ncc(Br)cc12)c1cnn(Cc2ccc(F)cc2)c1. The molecule has 8 heteroatoms. The van der Waals surface area contributed by atoms with Gasteiger partial charge in [0.05, 0.1) is 24.0 Å². The van der Waals surface area contributed by atoms with Gasteiger partial charge in [-0.1, -0.05) is 12.1 Å². The van der Waals surface area contributed by atoms with E-state index >= 15 is 0 Å². The van der Waals surface area contributed by atoms with Gasteiger partial charge in [-0.2, -0.15) is 5.10 Å². The lowest BCUT2D eigenvalue weighted by atomic mass is 10.2. The Bertz CT molecular complexity index is 1090. The minimum absolute atomic E-state index is 0.267. The van der Waals surface area contributed by atoms with Crippen molar-refractivity contribution in [2.75, 3.05) is 5.32 Å². The second-order valence-electron chi connectivity index (χ2n) is 5.76. The molecule has 2 N–H and O–H groups in total. The standard InChI is InChI=1S/C18H13BrFN5O/c19-13-5-15-16(8-22-17(15)21-7-13)24-18(26)12-6-23-25(10-12)9-11-1-3-14(20)4-2-11/h1-8,10H,9H2,(H,21,22)(H,24,26). The van der Waals surface area contributed by atoms with Gasteiger partial charge in [0.25, 0.3) is 5.91 Å². The van der Waals surface area contributed by atoms with Crippen molar-refractivity contribution in [3.63, 3.8) is 0 Å². The molecular formula is C18H13BrFN5O. The fourth-order valence-electron chi connectivity index (χ4n) is 2.62. The molecule has 0 spiro atoms. The van der Waals surface area contributed by atoms with Gasteiger partial charge in [0, 0.05) is 28.4 Å². The van der Waals surface area contributed by atoms with Gasteiger partial charge in [0.15, 0.2) is 0 Å². The molecule has 0 radical (unpaired) electrons. The highest BCUT2D eigenvalue weighted by Crippen LogP contribution is 2.25. The van der Waals surface area contributed by atoms with E-state index in [4.69, 9.17) is 0 Å². The molecule has 3 aromatic heterocycles. The molecule has 3 heterocycles. The van der Waals surface area contributed by atoms with Crippen LogP contribution < -0.4 is 5.32 Å². The van der Waals surface area contributed by atoms with Gasteiger partial charge in [-0.15, -0.1) is 0 Å². The summed E-state index contributed by atoms with van der Waals surface area (Å²) in [6, 6.07) is 8.05. The van der Waals surface area contributed by atoms with Crippen LogP contribution in [0, 0.1) is 5.82 Å². The molecule has 0 bridgehead atoms. The number of pyridine rings is 1. The van der Waals surface area contributed by atoms with Crippen LogP contribution in [0.1, 0.15) is 15.9 Å². The lowest BCUT2D eigenvalue weighted by Crippen LogP contribution is -2.10. The third-order valence-corrected chi connectivity index (χ3v) is 4.33. The maximum absolute atomic E-state index is 13.0. The average Bonchev–Trinajstić information content (AvgIpc) is 3.24. The lowest BCUT2D eigenvalue weighted by molar-refractivity contribution is 0.102. The van der Waals surface area contributed by atoms with Gasteiger partial charge >= 0.3 is 0 Å². The summed E-state index contributed by atoms with van der Waals surface area (Å²) in [5.41, 5.74) is 2.67. The second kappa shape index (κ2) is 6.72. The van der Waals surface area contributed by atoms with Crippen LogP contribution in [0.3, 0.4) is 0 Å². The van der Waals surface area contributed by atoms with Gasteiger partial charge in [0.1, 0.15) is 11.5 Å². The van der Waals surface area contributed by atoms with Crippen molar-refractivity contribution in [2.24, 2.45) is 0 Å². The normalized spacial score (nSPS) is 11.0. The summed E-state index contributed by atoms with van der Waals surface area (Å²) >= 11 is 3.38. The Morgan fingerprint density at radius 1 is 1.27 bits per heavy atom. The molecule has 0 aliphatic rings. The van der Waals surface area contributed by atoms with Crippen molar-refractivity contribution in [3.8, 4) is 0 Å². The van der Waals surface area contributed by atoms with Crippen molar-refractivity contribution in [3.05, 3.63) is 76.5 Å². The fourth-order valence-corrected chi connectivity index (χ4v) is 2.95. The molecule has 1 amide bonds. The first-order chi connectivity index (χ1) is 12.6. The Labute approximate surface area is 156 Å². The van der Waals surface area contributed by atoms with E-state index in [9.17, 15) is 9.18 Å². The molecule has 0 aliphatic carbocycles. The number of carbonyl (C=O) groups excluding carboxylic acids is 1. The number of aromatic nitrogens is 4. The van der Waals surface area contributed by atoms with Crippen LogP contribution >= 0.6 is 15.9 Å². The van der Waals surface area contributed by atoms with Crippen LogP contribution in [-0.2, 0) is 6.54 Å². The zero-order chi connectivity index (χ0) is 18.1.